The molecular weight excluding hydrogens is 304 g/mol. The smallest absolute Gasteiger partial charge is 0.244 e. The average molecular weight is 330 g/mol. The number of amides is 1. The molecule has 1 amide bonds. The predicted molar refractivity (Wildman–Crippen MR) is 86.6 cm³/mol. The van der Waals surface area contributed by atoms with Crippen LogP contribution in [-0.4, -0.2) is 68.9 Å². The summed E-state index contributed by atoms with van der Waals surface area (Å²) in [6.07, 6.45) is 3.90. The molecule has 2 aliphatic heterocycles. The Morgan fingerprint density at radius 2 is 2.00 bits per heavy atom. The first-order valence-electron chi connectivity index (χ1n) is 8.03. The van der Waals surface area contributed by atoms with Crippen LogP contribution in [0.5, 0.6) is 0 Å². The maximum absolute atomic E-state index is 12.1. The second-order valence-electron chi connectivity index (χ2n) is 5.88. The van der Waals surface area contributed by atoms with Crippen molar-refractivity contribution >= 4 is 21.7 Å². The molecule has 1 unspecified atom stereocenters. The molecule has 0 radical (unpaired) electrons. The van der Waals surface area contributed by atoms with Crippen LogP contribution in [0.25, 0.3) is 0 Å². The van der Waals surface area contributed by atoms with Gasteiger partial charge in [-0.05, 0) is 32.6 Å². The third kappa shape index (κ3) is 5.15. The van der Waals surface area contributed by atoms with E-state index in [1.807, 2.05) is 11.8 Å². The van der Waals surface area contributed by atoms with Gasteiger partial charge in [-0.3, -0.25) is 4.79 Å². The van der Waals surface area contributed by atoms with Gasteiger partial charge in [-0.2, -0.15) is 0 Å². The van der Waals surface area contributed by atoms with Crippen molar-refractivity contribution in [1.29, 1.82) is 0 Å². The van der Waals surface area contributed by atoms with Crippen molar-refractivity contribution in [3.05, 3.63) is 0 Å². The average Bonchev–Trinajstić information content (AvgIpc) is 2.84. The monoisotopic (exact) mass is 330 g/mol. The van der Waals surface area contributed by atoms with Crippen molar-refractivity contribution in [3.8, 4) is 0 Å². The summed E-state index contributed by atoms with van der Waals surface area (Å²) in [5.41, 5.74) is 0. The summed E-state index contributed by atoms with van der Waals surface area (Å²) in [6, 6.07) is -0.118. The minimum Gasteiger partial charge on any atom is -0.357 e. The number of rotatable bonds is 4. The molecule has 0 saturated carbocycles. The lowest BCUT2D eigenvalue weighted by atomic mass is 10.1. The molecule has 126 valence electrons. The van der Waals surface area contributed by atoms with E-state index >= 15 is 0 Å². The first kappa shape index (κ1) is 17.1. The lowest BCUT2D eigenvalue weighted by molar-refractivity contribution is -0.130. The Bertz CT molecular complexity index is 512. The standard InChI is InChI=1S/C14H26N4O3S/c1-2-15-14(17-12-6-9-22(20,21)11-12)16-10-13(19)18-7-4-3-5-8-18/h12H,2-11H2,1H3,(H2,15,16,17). The number of carbonyl (C=O) groups excluding carboxylic acids is 1. The number of aliphatic imine (C=N–C) groups is 1. The number of nitrogens with zero attached hydrogens (tertiary/aromatic N) is 2. The second-order valence-corrected chi connectivity index (χ2v) is 8.11. The molecule has 0 aliphatic carbocycles. The molecule has 2 saturated heterocycles. The molecule has 2 aliphatic rings. The summed E-state index contributed by atoms with van der Waals surface area (Å²) in [5, 5.41) is 6.19. The first-order valence-corrected chi connectivity index (χ1v) is 9.85. The highest BCUT2D eigenvalue weighted by molar-refractivity contribution is 7.91. The van der Waals surface area contributed by atoms with E-state index in [2.05, 4.69) is 15.6 Å². The fourth-order valence-electron chi connectivity index (χ4n) is 2.81. The molecule has 2 heterocycles. The quantitative estimate of drug-likeness (QED) is 0.547. The van der Waals surface area contributed by atoms with Crippen LogP contribution >= 0.6 is 0 Å². The van der Waals surface area contributed by atoms with Crippen LogP contribution in [0.1, 0.15) is 32.6 Å². The van der Waals surface area contributed by atoms with Crippen molar-refractivity contribution in [2.75, 3.05) is 37.7 Å². The Kier molecular flexibility index (Phi) is 6.05. The lowest BCUT2D eigenvalue weighted by Gasteiger charge is -2.26. The van der Waals surface area contributed by atoms with Gasteiger partial charge >= 0.3 is 0 Å². The molecule has 7 nitrogen and oxygen atoms in total. The summed E-state index contributed by atoms with van der Waals surface area (Å²) >= 11 is 0. The number of hydrogen-bond donors (Lipinski definition) is 2. The SMILES string of the molecule is CCNC(=NCC(=O)N1CCCCC1)NC1CCS(=O)(=O)C1. The minimum absolute atomic E-state index is 0.0379. The Hall–Kier alpha value is -1.31. The van der Waals surface area contributed by atoms with Gasteiger partial charge in [0.15, 0.2) is 15.8 Å². The predicted octanol–water partition coefficient (Wildman–Crippen LogP) is -0.259. The van der Waals surface area contributed by atoms with E-state index in [0.29, 0.717) is 18.9 Å². The van der Waals surface area contributed by atoms with Gasteiger partial charge in [-0.1, -0.05) is 0 Å². The molecule has 0 aromatic heterocycles. The fraction of sp³-hybridized carbons (Fsp3) is 0.857. The van der Waals surface area contributed by atoms with E-state index in [0.717, 1.165) is 25.9 Å². The van der Waals surface area contributed by atoms with Gasteiger partial charge in [0.05, 0.1) is 11.5 Å². The highest BCUT2D eigenvalue weighted by atomic mass is 32.2. The van der Waals surface area contributed by atoms with Crippen molar-refractivity contribution in [3.63, 3.8) is 0 Å². The van der Waals surface area contributed by atoms with Crippen molar-refractivity contribution in [2.45, 2.75) is 38.6 Å². The molecule has 2 fully saturated rings. The van der Waals surface area contributed by atoms with E-state index < -0.39 is 9.84 Å². The minimum atomic E-state index is -2.92. The zero-order chi connectivity index (χ0) is 16.0. The van der Waals surface area contributed by atoms with Gasteiger partial charge < -0.3 is 15.5 Å². The molecular formula is C14H26N4O3S. The molecule has 2 rings (SSSR count). The van der Waals surface area contributed by atoms with Crippen LogP contribution in [0.4, 0.5) is 0 Å². The second kappa shape index (κ2) is 7.80. The summed E-state index contributed by atoms with van der Waals surface area (Å²) in [6.45, 7) is 4.35. The molecule has 1 atom stereocenters. The van der Waals surface area contributed by atoms with Crippen LogP contribution in [0.15, 0.2) is 4.99 Å². The Morgan fingerprint density at radius 3 is 2.59 bits per heavy atom. The van der Waals surface area contributed by atoms with Crippen LogP contribution in [0.3, 0.4) is 0 Å². The van der Waals surface area contributed by atoms with Gasteiger partial charge in [0.1, 0.15) is 6.54 Å². The molecule has 0 spiro atoms. The van der Waals surface area contributed by atoms with E-state index in [1.54, 1.807) is 0 Å². The van der Waals surface area contributed by atoms with Crippen molar-refractivity contribution in [1.82, 2.24) is 15.5 Å². The highest BCUT2D eigenvalue weighted by Crippen LogP contribution is 2.11. The number of nitrogens with one attached hydrogen (secondary N) is 2. The lowest BCUT2D eigenvalue weighted by Crippen LogP contribution is -2.45. The number of piperidine rings is 1. The zero-order valence-electron chi connectivity index (χ0n) is 13.2. The van der Waals surface area contributed by atoms with E-state index in [1.165, 1.54) is 6.42 Å². The van der Waals surface area contributed by atoms with Crippen LogP contribution in [-0.2, 0) is 14.6 Å². The molecule has 2 N–H and O–H groups in total. The van der Waals surface area contributed by atoms with Gasteiger partial charge in [-0.15, -0.1) is 0 Å². The topological polar surface area (TPSA) is 90.9 Å². The van der Waals surface area contributed by atoms with Gasteiger partial charge in [0, 0.05) is 25.7 Å². The van der Waals surface area contributed by atoms with Crippen LogP contribution < -0.4 is 10.6 Å². The van der Waals surface area contributed by atoms with E-state index in [9.17, 15) is 13.2 Å². The van der Waals surface area contributed by atoms with E-state index in [4.69, 9.17) is 0 Å². The molecule has 0 aromatic rings. The number of sulfone groups is 1. The highest BCUT2D eigenvalue weighted by Gasteiger charge is 2.28. The Balaban J connectivity index is 1.87. The number of carbonyl (C=O) groups is 1. The van der Waals surface area contributed by atoms with Gasteiger partial charge in [0.25, 0.3) is 0 Å². The number of likely N-dealkylation sites (tertiary alicyclic amines) is 1. The number of guanidine groups is 1. The largest absolute Gasteiger partial charge is 0.357 e. The van der Waals surface area contributed by atoms with E-state index in [-0.39, 0.29) is 30.0 Å². The molecule has 0 aromatic carbocycles. The maximum Gasteiger partial charge on any atom is 0.244 e. The summed E-state index contributed by atoms with van der Waals surface area (Å²) < 4.78 is 23.0. The van der Waals surface area contributed by atoms with Crippen LogP contribution in [0, 0.1) is 0 Å². The van der Waals surface area contributed by atoms with Gasteiger partial charge in [0.2, 0.25) is 5.91 Å². The third-order valence-corrected chi connectivity index (χ3v) is 5.77. The van der Waals surface area contributed by atoms with Crippen molar-refractivity contribution < 1.29 is 13.2 Å². The number of hydrogen-bond acceptors (Lipinski definition) is 4. The fourth-order valence-corrected chi connectivity index (χ4v) is 4.49. The normalized spacial score (nSPS) is 25.0. The summed E-state index contributed by atoms with van der Waals surface area (Å²) in [4.78, 5) is 18.3. The van der Waals surface area contributed by atoms with Crippen LogP contribution in [0.2, 0.25) is 0 Å². The molecule has 22 heavy (non-hydrogen) atoms. The van der Waals surface area contributed by atoms with Gasteiger partial charge in [-0.25, -0.2) is 13.4 Å². The Labute approximate surface area is 132 Å². The zero-order valence-corrected chi connectivity index (χ0v) is 14.0. The summed E-state index contributed by atoms with van der Waals surface area (Å²) in [7, 11) is -2.92. The first-order chi connectivity index (χ1) is 10.5. The third-order valence-electron chi connectivity index (χ3n) is 4.00. The van der Waals surface area contributed by atoms with Crippen molar-refractivity contribution in [2.24, 2.45) is 4.99 Å². The maximum atomic E-state index is 12.1. The summed E-state index contributed by atoms with van der Waals surface area (Å²) in [5.74, 6) is 0.916. The molecule has 0 bridgehead atoms. The Morgan fingerprint density at radius 1 is 1.27 bits per heavy atom. The molecule has 8 heteroatoms.